The molecule has 0 atom stereocenters. The molecule has 0 saturated carbocycles. The number of rotatable bonds is 7. The molecule has 6 nitrogen and oxygen atoms in total. The van der Waals surface area contributed by atoms with Gasteiger partial charge < -0.3 is 15.2 Å². The minimum Gasteiger partial charge on any atom is -0.368 e. The first kappa shape index (κ1) is 28.3. The molecule has 0 spiro atoms. The molecule has 3 heterocycles. The summed E-state index contributed by atoms with van der Waals surface area (Å²) in [6, 6.07) is 13.4. The first-order valence-corrected chi connectivity index (χ1v) is 11.5. The quantitative estimate of drug-likeness (QED) is 0.437. The summed E-state index contributed by atoms with van der Waals surface area (Å²) in [6.07, 6.45) is 2.73. The van der Waals surface area contributed by atoms with E-state index in [0.717, 1.165) is 68.5 Å². The number of anilines is 1. The van der Waals surface area contributed by atoms with Crippen LogP contribution in [0.3, 0.4) is 0 Å². The molecule has 1 aromatic carbocycles. The first-order chi connectivity index (χ1) is 15.5. The average Bonchev–Trinajstić information content (AvgIpc) is 3.13. The van der Waals surface area contributed by atoms with Crippen molar-refractivity contribution in [2.45, 2.75) is 19.9 Å². The normalized spacial score (nSPS) is 13.8. The number of hydrogen-bond acceptors (Lipinski definition) is 4. The van der Waals surface area contributed by atoms with Crippen LogP contribution in [0.2, 0.25) is 10.0 Å². The van der Waals surface area contributed by atoms with Gasteiger partial charge in [-0.25, -0.2) is 0 Å². The number of carbonyl (C=O) groups excluding carboxylic acids is 1. The molecule has 1 amide bonds. The number of nitrogens with zero attached hydrogens (tertiary/aromatic N) is 4. The average molecular weight is 545 g/mol. The molecule has 0 aliphatic carbocycles. The summed E-state index contributed by atoms with van der Waals surface area (Å²) in [7, 11) is 0. The van der Waals surface area contributed by atoms with Gasteiger partial charge in [-0.2, -0.15) is 0 Å². The zero-order chi connectivity index (χ0) is 22.7. The fourth-order valence-corrected chi connectivity index (χ4v) is 4.73. The Labute approximate surface area is 222 Å². The summed E-state index contributed by atoms with van der Waals surface area (Å²) >= 11 is 12.6. The standard InChI is InChI=1S/C24H27Cl2N5O.2ClH/c1-17-18(24(27)32)16-22(20-7-2-3-9-28-20)31(17)11-5-10-29-12-14-30(15-13-29)21-8-4-6-19(25)23(21)26;;/h2-4,6-9,16H,5,10-15H2,1H3,(H2,27,32);2*1H. The molecule has 184 valence electrons. The predicted octanol–water partition coefficient (Wildman–Crippen LogP) is 5.32. The van der Waals surface area contributed by atoms with Gasteiger partial charge in [-0.3, -0.25) is 14.7 Å². The van der Waals surface area contributed by atoms with E-state index >= 15 is 0 Å². The van der Waals surface area contributed by atoms with E-state index in [2.05, 4.69) is 19.4 Å². The van der Waals surface area contributed by atoms with Crippen molar-refractivity contribution in [2.75, 3.05) is 37.6 Å². The molecule has 0 bridgehead atoms. The van der Waals surface area contributed by atoms with Gasteiger partial charge in [-0.1, -0.05) is 35.3 Å². The number of pyridine rings is 1. The van der Waals surface area contributed by atoms with Crippen molar-refractivity contribution < 1.29 is 4.79 Å². The Hall–Kier alpha value is -1.96. The maximum atomic E-state index is 11.9. The summed E-state index contributed by atoms with van der Waals surface area (Å²) in [4.78, 5) is 21.1. The van der Waals surface area contributed by atoms with Crippen LogP contribution in [-0.4, -0.2) is 53.1 Å². The van der Waals surface area contributed by atoms with Gasteiger partial charge >= 0.3 is 0 Å². The molecule has 10 heteroatoms. The van der Waals surface area contributed by atoms with E-state index in [1.165, 1.54) is 0 Å². The number of nitrogens with two attached hydrogens (primary N) is 1. The van der Waals surface area contributed by atoms with E-state index < -0.39 is 5.91 Å². The minimum atomic E-state index is -0.408. The van der Waals surface area contributed by atoms with Crippen LogP contribution in [0.1, 0.15) is 22.5 Å². The Morgan fingerprint density at radius 1 is 1.03 bits per heavy atom. The Bertz CT molecular complexity index is 1100. The van der Waals surface area contributed by atoms with Gasteiger partial charge in [0.05, 0.1) is 32.7 Å². The number of halogens is 4. The highest BCUT2D eigenvalue weighted by molar-refractivity contribution is 6.43. The molecule has 0 radical (unpaired) electrons. The van der Waals surface area contributed by atoms with Crippen LogP contribution in [0.5, 0.6) is 0 Å². The number of piperazine rings is 1. The lowest BCUT2D eigenvalue weighted by Crippen LogP contribution is -2.46. The molecule has 1 aliphatic heterocycles. The van der Waals surface area contributed by atoms with Crippen LogP contribution < -0.4 is 10.6 Å². The van der Waals surface area contributed by atoms with Crippen LogP contribution in [0.25, 0.3) is 11.4 Å². The highest BCUT2D eigenvalue weighted by Gasteiger charge is 2.21. The van der Waals surface area contributed by atoms with E-state index in [-0.39, 0.29) is 24.8 Å². The lowest BCUT2D eigenvalue weighted by molar-refractivity contribution is 0.0999. The van der Waals surface area contributed by atoms with Crippen molar-refractivity contribution in [1.29, 1.82) is 0 Å². The fraction of sp³-hybridized carbons (Fsp3) is 0.333. The number of primary amides is 1. The van der Waals surface area contributed by atoms with Crippen LogP contribution in [0.15, 0.2) is 48.7 Å². The van der Waals surface area contributed by atoms with Crippen molar-refractivity contribution in [1.82, 2.24) is 14.5 Å². The van der Waals surface area contributed by atoms with Gasteiger partial charge in [-0.05, 0) is 50.2 Å². The van der Waals surface area contributed by atoms with Crippen LogP contribution in [0.4, 0.5) is 5.69 Å². The van der Waals surface area contributed by atoms with Gasteiger partial charge in [0, 0.05) is 44.6 Å². The second kappa shape index (κ2) is 12.7. The van der Waals surface area contributed by atoms with Crippen molar-refractivity contribution >= 4 is 59.6 Å². The molecule has 2 aromatic heterocycles. The third kappa shape index (κ3) is 6.18. The number of carbonyl (C=O) groups is 1. The van der Waals surface area contributed by atoms with E-state index in [1.54, 1.807) is 6.20 Å². The molecule has 1 fully saturated rings. The second-order valence-electron chi connectivity index (χ2n) is 8.01. The third-order valence-corrected chi connectivity index (χ3v) is 6.87. The molecule has 3 aromatic rings. The first-order valence-electron chi connectivity index (χ1n) is 10.8. The van der Waals surface area contributed by atoms with Crippen molar-refractivity contribution in [2.24, 2.45) is 5.73 Å². The van der Waals surface area contributed by atoms with Gasteiger partial charge in [0.2, 0.25) is 0 Å². The van der Waals surface area contributed by atoms with E-state index in [1.807, 2.05) is 49.4 Å². The minimum absolute atomic E-state index is 0. The number of hydrogen-bond donors (Lipinski definition) is 1. The Balaban J connectivity index is 0.00000204. The van der Waals surface area contributed by atoms with Crippen LogP contribution in [-0.2, 0) is 6.54 Å². The lowest BCUT2D eigenvalue weighted by atomic mass is 10.2. The third-order valence-electron chi connectivity index (χ3n) is 6.06. The van der Waals surface area contributed by atoms with E-state index in [4.69, 9.17) is 28.9 Å². The molecular formula is C24H29Cl4N5O. The summed E-state index contributed by atoms with van der Waals surface area (Å²) in [5, 5.41) is 1.21. The molecule has 2 N–H and O–H groups in total. The smallest absolute Gasteiger partial charge is 0.250 e. The largest absolute Gasteiger partial charge is 0.368 e. The molecular weight excluding hydrogens is 516 g/mol. The maximum absolute atomic E-state index is 11.9. The fourth-order valence-electron chi connectivity index (χ4n) is 4.31. The van der Waals surface area contributed by atoms with Gasteiger partial charge in [0.1, 0.15) is 0 Å². The maximum Gasteiger partial charge on any atom is 0.250 e. The molecule has 34 heavy (non-hydrogen) atoms. The topological polar surface area (TPSA) is 67.4 Å². The summed E-state index contributed by atoms with van der Waals surface area (Å²) in [5.74, 6) is -0.408. The second-order valence-corrected chi connectivity index (χ2v) is 8.80. The van der Waals surface area contributed by atoms with Gasteiger partial charge in [0.25, 0.3) is 5.91 Å². The summed E-state index contributed by atoms with van der Waals surface area (Å²) < 4.78 is 2.16. The molecule has 0 unspecified atom stereocenters. The SMILES string of the molecule is Cc1c(C(N)=O)cc(-c2ccccn2)n1CCCN1CCN(c2cccc(Cl)c2Cl)CC1.Cl.Cl. The predicted molar refractivity (Wildman–Crippen MR) is 145 cm³/mol. The van der Waals surface area contributed by atoms with Crippen molar-refractivity contribution in [3.63, 3.8) is 0 Å². The number of benzene rings is 1. The molecule has 4 rings (SSSR count). The highest BCUT2D eigenvalue weighted by atomic mass is 35.5. The highest BCUT2D eigenvalue weighted by Crippen LogP contribution is 2.33. The number of aromatic nitrogens is 2. The summed E-state index contributed by atoms with van der Waals surface area (Å²) in [5.41, 5.74) is 9.81. The summed E-state index contributed by atoms with van der Waals surface area (Å²) in [6.45, 7) is 7.47. The van der Waals surface area contributed by atoms with E-state index in [0.29, 0.717) is 15.6 Å². The van der Waals surface area contributed by atoms with Crippen LogP contribution >= 0.6 is 48.0 Å². The Kier molecular flexibility index (Phi) is 10.5. The Morgan fingerprint density at radius 3 is 2.41 bits per heavy atom. The Morgan fingerprint density at radius 2 is 1.76 bits per heavy atom. The zero-order valence-corrected chi connectivity index (χ0v) is 22.1. The van der Waals surface area contributed by atoms with Crippen molar-refractivity contribution in [3.8, 4) is 11.4 Å². The van der Waals surface area contributed by atoms with E-state index in [9.17, 15) is 4.79 Å². The van der Waals surface area contributed by atoms with Crippen LogP contribution in [0, 0.1) is 6.92 Å². The van der Waals surface area contributed by atoms with Crippen molar-refractivity contribution in [3.05, 3.63) is 70.0 Å². The van der Waals surface area contributed by atoms with Gasteiger partial charge in [0.15, 0.2) is 0 Å². The lowest BCUT2D eigenvalue weighted by Gasteiger charge is -2.36. The number of amides is 1. The molecule has 1 saturated heterocycles. The monoisotopic (exact) mass is 543 g/mol. The van der Waals surface area contributed by atoms with Gasteiger partial charge in [-0.15, -0.1) is 24.8 Å². The zero-order valence-electron chi connectivity index (χ0n) is 18.9. The molecule has 1 aliphatic rings.